The molecule has 0 amide bonds. The molecule has 0 radical (unpaired) electrons. The van der Waals surface area contributed by atoms with Crippen molar-refractivity contribution in [3.63, 3.8) is 0 Å². The Balaban J connectivity index is -0.00000000500. The van der Waals surface area contributed by atoms with E-state index in [0.717, 1.165) is 0 Å². The smallest absolute Gasteiger partial charge is 0.0683 e. The van der Waals surface area contributed by atoms with Gasteiger partial charge in [0.15, 0.2) is 0 Å². The first kappa shape index (κ1) is 29.4. The van der Waals surface area contributed by atoms with Crippen molar-refractivity contribution < 1.29 is 17.1 Å². The van der Waals surface area contributed by atoms with E-state index in [1.165, 1.54) is 0 Å². The summed E-state index contributed by atoms with van der Waals surface area (Å²) in [7, 11) is 0. The van der Waals surface area contributed by atoms with E-state index in [-0.39, 0.29) is 17.1 Å². The second kappa shape index (κ2) is 328. The predicted octanol–water partition coefficient (Wildman–Crippen LogP) is -4.97. The monoisotopic (exact) mass is 84.0 g/mol. The third-order valence-corrected chi connectivity index (χ3v) is 0. The molecule has 0 aliphatic rings. The summed E-state index contributed by atoms with van der Waals surface area (Å²) in [6, 6.07) is 0. The zero-order valence-corrected chi connectivity index (χ0v) is 3.51. The zero-order chi connectivity index (χ0) is 2.00. The van der Waals surface area contributed by atoms with Crippen molar-refractivity contribution >= 4 is 0 Å². The molecule has 0 heterocycles. The summed E-state index contributed by atoms with van der Waals surface area (Å²) in [6.45, 7) is 4.00. The number of rotatable bonds is 0. The van der Waals surface area contributed by atoms with Crippen LogP contribution in [0.1, 0.15) is 13.8 Å². The van der Waals surface area contributed by atoms with Gasteiger partial charge in [0.25, 0.3) is 0 Å². The summed E-state index contributed by atoms with van der Waals surface area (Å²) in [5.41, 5.74) is 0. The number of hydrogen-bond acceptors (Lipinski definition) is 0. The van der Waals surface area contributed by atoms with E-state index in [2.05, 4.69) is 0 Å². The Morgan fingerprint density at radius 1 is 1.00 bits per heavy atom. The van der Waals surface area contributed by atoms with Crippen LogP contribution in [0.5, 0.6) is 0 Å². The topological polar surface area (TPSA) is 0 Å². The van der Waals surface area contributed by atoms with Gasteiger partial charge in [0.1, 0.15) is 0 Å². The van der Waals surface area contributed by atoms with E-state index >= 15 is 0 Å². The van der Waals surface area contributed by atoms with Crippen molar-refractivity contribution in [1.82, 2.24) is 0 Å². The molecular weight excluding hydrogens is 78.5 g/mol. The van der Waals surface area contributed by atoms with Gasteiger partial charge in [-0.2, -0.15) is 0 Å². The molecule has 0 aliphatic carbocycles. The molecule has 0 saturated carbocycles. The van der Waals surface area contributed by atoms with Gasteiger partial charge in [-0.1, -0.05) is 13.8 Å². The molecule has 0 fully saturated rings. The fourth-order valence-electron chi connectivity index (χ4n) is 0. The predicted molar refractivity (Wildman–Crippen MR) is 11.3 cm³/mol. The minimum atomic E-state index is 0. The minimum absolute atomic E-state index is 0. The highest BCUT2D eigenvalue weighted by Crippen LogP contribution is 1.14. The Hall–Kier alpha value is 0.220. The molecule has 2 heteroatoms. The Labute approximate surface area is 32.0 Å². The lowest BCUT2D eigenvalue weighted by Gasteiger charge is -1.07. The first-order valence-corrected chi connectivity index (χ1v) is 1.00. The van der Waals surface area contributed by atoms with Gasteiger partial charge in [0.2, 0.25) is 0 Å². The SMILES string of the molecule is CC.[Cl-].[F-]. The van der Waals surface area contributed by atoms with Crippen molar-refractivity contribution in [2.45, 2.75) is 13.8 Å². The maximum Gasteiger partial charge on any atom is -0.0683 e. The van der Waals surface area contributed by atoms with E-state index < -0.39 is 0 Å². The summed E-state index contributed by atoms with van der Waals surface area (Å²) in [5, 5.41) is 0. The average Bonchev–Trinajstić information content (AvgIpc) is 1.00. The molecule has 0 saturated heterocycles. The maximum atomic E-state index is 2.00. The molecule has 0 bridgehead atoms. The van der Waals surface area contributed by atoms with E-state index in [1.807, 2.05) is 13.8 Å². The molecule has 30 valence electrons. The number of hydrogen-bond donors (Lipinski definition) is 0. The van der Waals surface area contributed by atoms with Crippen LogP contribution < -0.4 is 17.1 Å². The number of halogens is 2. The summed E-state index contributed by atoms with van der Waals surface area (Å²) < 4.78 is 0. The quantitative estimate of drug-likeness (QED) is 0.276. The highest BCUT2D eigenvalue weighted by Gasteiger charge is 0.932. The molecule has 0 unspecified atom stereocenters. The lowest BCUT2D eigenvalue weighted by molar-refractivity contribution is -0.00100. The van der Waals surface area contributed by atoms with Crippen molar-refractivity contribution in [3.05, 3.63) is 0 Å². The molecule has 0 aromatic heterocycles. The van der Waals surface area contributed by atoms with Crippen LogP contribution in [0.25, 0.3) is 0 Å². The molecule has 0 aromatic rings. The molecule has 4 heavy (non-hydrogen) atoms. The largest absolute Gasteiger partial charge is 1.00 e. The van der Waals surface area contributed by atoms with Crippen molar-refractivity contribution in [2.24, 2.45) is 0 Å². The average molecular weight is 84.5 g/mol. The summed E-state index contributed by atoms with van der Waals surface area (Å²) in [5.74, 6) is 0. The lowest BCUT2D eigenvalue weighted by atomic mass is 11.0. The van der Waals surface area contributed by atoms with Gasteiger partial charge < -0.3 is 17.1 Å². The van der Waals surface area contributed by atoms with Crippen LogP contribution in [0.2, 0.25) is 0 Å². The van der Waals surface area contributed by atoms with Crippen LogP contribution in [0.4, 0.5) is 0 Å². The van der Waals surface area contributed by atoms with E-state index in [9.17, 15) is 0 Å². The van der Waals surface area contributed by atoms with Gasteiger partial charge in [-0.05, 0) is 0 Å². The summed E-state index contributed by atoms with van der Waals surface area (Å²) in [6.07, 6.45) is 0. The molecule has 0 rings (SSSR count). The minimum Gasteiger partial charge on any atom is -1.00 e. The fourth-order valence-corrected chi connectivity index (χ4v) is 0. The van der Waals surface area contributed by atoms with E-state index in [4.69, 9.17) is 0 Å². The van der Waals surface area contributed by atoms with Gasteiger partial charge in [0.05, 0.1) is 0 Å². The lowest BCUT2D eigenvalue weighted by Crippen LogP contribution is -3.00. The first-order valence-electron chi connectivity index (χ1n) is 1.00. The molecule has 0 aliphatic heterocycles. The molecule has 0 aromatic carbocycles. The third-order valence-electron chi connectivity index (χ3n) is 0. The van der Waals surface area contributed by atoms with Crippen LogP contribution >= 0.6 is 0 Å². The van der Waals surface area contributed by atoms with Gasteiger partial charge in [-0.25, -0.2) is 0 Å². The van der Waals surface area contributed by atoms with E-state index in [0.29, 0.717) is 0 Å². The van der Waals surface area contributed by atoms with Gasteiger partial charge in [-0.3, -0.25) is 0 Å². The van der Waals surface area contributed by atoms with E-state index in [1.54, 1.807) is 0 Å². The normalized spacial score (nSPS) is 1.50. The van der Waals surface area contributed by atoms with Crippen LogP contribution in [-0.2, 0) is 0 Å². The second-order valence-electron chi connectivity index (χ2n) is 0. The highest BCUT2D eigenvalue weighted by atomic mass is 35.5. The third kappa shape index (κ3) is 68.3. The van der Waals surface area contributed by atoms with Crippen LogP contribution in [-0.4, -0.2) is 0 Å². The van der Waals surface area contributed by atoms with Crippen molar-refractivity contribution in [3.8, 4) is 0 Å². The maximum absolute atomic E-state index is 2.00. The second-order valence-corrected chi connectivity index (χ2v) is 0. The van der Waals surface area contributed by atoms with Crippen LogP contribution in [0.15, 0.2) is 0 Å². The Bertz CT molecular complexity index is 6.00. The molecule has 0 spiro atoms. The molecule has 0 nitrogen and oxygen atoms in total. The van der Waals surface area contributed by atoms with Crippen molar-refractivity contribution in [2.75, 3.05) is 0 Å². The first-order chi connectivity index (χ1) is 1.00. The standard InChI is InChI=1S/C2H6.ClH.FH/c1-2;;/h1-2H3;2*1H/p-2. The summed E-state index contributed by atoms with van der Waals surface area (Å²) >= 11 is 0. The molecule has 0 atom stereocenters. The summed E-state index contributed by atoms with van der Waals surface area (Å²) in [4.78, 5) is 0. The Kier molecular flexibility index (Phi) is 2410. The highest BCUT2D eigenvalue weighted by molar-refractivity contribution is 3.50. The van der Waals surface area contributed by atoms with Gasteiger partial charge >= 0.3 is 0 Å². The molecular formula is C2H6ClF-2. The van der Waals surface area contributed by atoms with Gasteiger partial charge in [-0.15, -0.1) is 0 Å². The Morgan fingerprint density at radius 2 is 1.00 bits per heavy atom. The Morgan fingerprint density at radius 3 is 1.00 bits per heavy atom. The van der Waals surface area contributed by atoms with Crippen LogP contribution in [0, 0.1) is 0 Å². The van der Waals surface area contributed by atoms with Crippen LogP contribution in [0.3, 0.4) is 0 Å². The fraction of sp³-hybridized carbons (Fsp3) is 1.00. The van der Waals surface area contributed by atoms with Gasteiger partial charge in [0, 0.05) is 0 Å². The van der Waals surface area contributed by atoms with Crippen molar-refractivity contribution in [1.29, 1.82) is 0 Å². The zero-order valence-electron chi connectivity index (χ0n) is 2.76. The molecule has 0 N–H and O–H groups in total.